The van der Waals surface area contributed by atoms with Crippen molar-refractivity contribution in [1.82, 2.24) is 14.8 Å². The first-order chi connectivity index (χ1) is 16.1. The lowest BCUT2D eigenvalue weighted by Gasteiger charge is -2.31. The fraction of sp³-hybridized carbons (Fsp3) is 0.346. The van der Waals surface area contributed by atoms with Gasteiger partial charge in [0.1, 0.15) is 5.82 Å². The molecule has 0 saturated carbocycles. The summed E-state index contributed by atoms with van der Waals surface area (Å²) in [6, 6.07) is 1.91. The molecule has 1 saturated heterocycles. The Labute approximate surface area is 199 Å². The summed E-state index contributed by atoms with van der Waals surface area (Å²) in [7, 11) is 0. The quantitative estimate of drug-likeness (QED) is 0.533. The van der Waals surface area contributed by atoms with Gasteiger partial charge in [-0.05, 0) is 41.7 Å². The molecule has 1 fully saturated rings. The number of fused-ring (bicyclic) bond motifs is 2. The molecule has 1 aromatic rings. The highest BCUT2D eigenvalue weighted by atomic mass is 32.2. The Bertz CT molecular complexity index is 1040. The number of hydrogen-bond acceptors (Lipinski definition) is 5. The van der Waals surface area contributed by atoms with Gasteiger partial charge in [-0.15, -0.1) is 0 Å². The van der Waals surface area contributed by atoms with E-state index in [1.807, 2.05) is 41.0 Å². The molecular formula is C26H30N4O2S. The van der Waals surface area contributed by atoms with E-state index in [1.54, 1.807) is 18.3 Å². The molecule has 0 spiro atoms. The van der Waals surface area contributed by atoms with Crippen LogP contribution in [-0.2, 0) is 16.1 Å². The molecule has 2 amide bonds. The van der Waals surface area contributed by atoms with Crippen LogP contribution in [0.3, 0.4) is 0 Å². The van der Waals surface area contributed by atoms with Gasteiger partial charge in [-0.2, -0.15) is 11.8 Å². The number of nitrogens with one attached hydrogen (secondary N) is 1. The number of thioether (sulfide) groups is 1. The molecule has 4 rings (SSSR count). The molecule has 3 aliphatic heterocycles. The van der Waals surface area contributed by atoms with Crippen LogP contribution in [0.5, 0.6) is 0 Å². The second kappa shape index (κ2) is 10.8. The van der Waals surface area contributed by atoms with Gasteiger partial charge in [0.15, 0.2) is 0 Å². The van der Waals surface area contributed by atoms with E-state index in [9.17, 15) is 9.59 Å². The SMILES string of the molecule is C=C/C=C(\C=C)C1=CCCN(C(=O)/C=C/c2cnc3c(c2)CN2CCSCC2C(=O)N3)CC1. The molecule has 1 N–H and O–H groups in total. The van der Waals surface area contributed by atoms with Crippen LogP contribution in [0.4, 0.5) is 5.82 Å². The van der Waals surface area contributed by atoms with E-state index in [-0.39, 0.29) is 17.9 Å². The Kier molecular flexibility index (Phi) is 7.62. The average Bonchev–Trinajstić information content (AvgIpc) is 3.16. The first kappa shape index (κ1) is 23.3. The third-order valence-corrected chi connectivity index (χ3v) is 7.23. The number of rotatable bonds is 5. The number of allylic oxidation sites excluding steroid dienone is 4. The van der Waals surface area contributed by atoms with Crippen LogP contribution in [0.25, 0.3) is 6.08 Å². The number of anilines is 1. The maximum absolute atomic E-state index is 12.8. The lowest BCUT2D eigenvalue weighted by Crippen LogP contribution is -2.47. The molecule has 1 atom stereocenters. The first-order valence-electron chi connectivity index (χ1n) is 11.3. The van der Waals surface area contributed by atoms with Crippen molar-refractivity contribution < 1.29 is 9.59 Å². The predicted molar refractivity (Wildman–Crippen MR) is 136 cm³/mol. The van der Waals surface area contributed by atoms with Gasteiger partial charge < -0.3 is 10.2 Å². The molecule has 0 radical (unpaired) electrons. The third kappa shape index (κ3) is 5.54. The Hall–Kier alpha value is -2.90. The number of pyridine rings is 1. The highest BCUT2D eigenvalue weighted by Crippen LogP contribution is 2.27. The van der Waals surface area contributed by atoms with Gasteiger partial charge in [0, 0.05) is 55.5 Å². The van der Waals surface area contributed by atoms with Crippen molar-refractivity contribution >= 4 is 35.5 Å². The summed E-state index contributed by atoms with van der Waals surface area (Å²) in [6.45, 7) is 10.6. The monoisotopic (exact) mass is 462 g/mol. The van der Waals surface area contributed by atoms with Crippen LogP contribution in [0.15, 0.2) is 66.9 Å². The summed E-state index contributed by atoms with van der Waals surface area (Å²) in [5.41, 5.74) is 4.11. The van der Waals surface area contributed by atoms with Crippen molar-refractivity contribution in [2.24, 2.45) is 0 Å². The smallest absolute Gasteiger partial charge is 0.246 e. The zero-order valence-electron chi connectivity index (χ0n) is 18.8. The van der Waals surface area contributed by atoms with E-state index in [0.717, 1.165) is 47.6 Å². The van der Waals surface area contributed by atoms with Crippen LogP contribution >= 0.6 is 11.8 Å². The topological polar surface area (TPSA) is 65.5 Å². The summed E-state index contributed by atoms with van der Waals surface area (Å²) in [5.74, 6) is 2.48. The van der Waals surface area contributed by atoms with Gasteiger partial charge in [-0.25, -0.2) is 4.98 Å². The summed E-state index contributed by atoms with van der Waals surface area (Å²) in [5, 5.41) is 2.97. The van der Waals surface area contributed by atoms with Crippen LogP contribution in [0.2, 0.25) is 0 Å². The van der Waals surface area contributed by atoms with E-state index in [2.05, 4.69) is 34.4 Å². The number of amides is 2. The number of nitrogens with zero attached hydrogens (tertiary/aromatic N) is 3. The summed E-state index contributed by atoms with van der Waals surface area (Å²) < 4.78 is 0. The molecule has 1 aromatic heterocycles. The van der Waals surface area contributed by atoms with Crippen LogP contribution < -0.4 is 5.32 Å². The van der Waals surface area contributed by atoms with E-state index < -0.39 is 0 Å². The Morgan fingerprint density at radius 3 is 2.97 bits per heavy atom. The average molecular weight is 463 g/mol. The van der Waals surface area contributed by atoms with Crippen molar-refractivity contribution in [3.05, 3.63) is 78.1 Å². The van der Waals surface area contributed by atoms with E-state index >= 15 is 0 Å². The van der Waals surface area contributed by atoms with E-state index in [1.165, 1.54) is 5.57 Å². The van der Waals surface area contributed by atoms with Crippen LogP contribution in [-0.4, -0.2) is 63.8 Å². The molecule has 172 valence electrons. The fourth-order valence-corrected chi connectivity index (χ4v) is 5.51. The molecule has 4 heterocycles. The standard InChI is InChI=1S/C26H30N4O2S/c1-3-6-20(4-2)21-7-5-11-29(12-10-21)24(31)9-8-19-15-22-17-30-13-14-33-18-23(30)26(32)28-25(22)27-16-19/h3-4,6-9,15-16,23H,1-2,5,10-14,17-18H2,(H,27,28,32)/b9-8+,20-6+. The van der Waals surface area contributed by atoms with Gasteiger partial charge in [0.05, 0.1) is 6.04 Å². The van der Waals surface area contributed by atoms with Crippen molar-refractivity contribution in [2.45, 2.75) is 25.4 Å². The molecule has 33 heavy (non-hydrogen) atoms. The van der Waals surface area contributed by atoms with Crippen molar-refractivity contribution in [1.29, 1.82) is 0 Å². The maximum Gasteiger partial charge on any atom is 0.246 e. The number of hydrogen-bond donors (Lipinski definition) is 1. The van der Waals surface area contributed by atoms with Crippen molar-refractivity contribution in [3.63, 3.8) is 0 Å². The number of aromatic nitrogens is 1. The Balaban J connectivity index is 1.42. The fourth-order valence-electron chi connectivity index (χ4n) is 4.39. The summed E-state index contributed by atoms with van der Waals surface area (Å²) >= 11 is 1.81. The Morgan fingerprint density at radius 1 is 1.27 bits per heavy atom. The molecule has 6 nitrogen and oxygen atoms in total. The molecule has 0 aliphatic carbocycles. The third-order valence-electron chi connectivity index (χ3n) is 6.20. The molecule has 0 bridgehead atoms. The Morgan fingerprint density at radius 2 is 2.15 bits per heavy atom. The minimum atomic E-state index is -0.108. The van der Waals surface area contributed by atoms with Crippen molar-refractivity contribution in [2.75, 3.05) is 36.5 Å². The predicted octanol–water partition coefficient (Wildman–Crippen LogP) is 3.81. The molecular weight excluding hydrogens is 432 g/mol. The van der Waals surface area contributed by atoms with Crippen LogP contribution in [0.1, 0.15) is 24.0 Å². The lowest BCUT2D eigenvalue weighted by molar-refractivity contribution is -0.125. The normalized spacial score (nSPS) is 21.9. The van der Waals surface area contributed by atoms with Gasteiger partial charge in [-0.3, -0.25) is 14.5 Å². The minimum Gasteiger partial charge on any atom is -0.339 e. The minimum absolute atomic E-state index is 0.00568. The summed E-state index contributed by atoms with van der Waals surface area (Å²) in [4.78, 5) is 34.0. The molecule has 7 heteroatoms. The lowest BCUT2D eigenvalue weighted by atomic mass is 10.0. The van der Waals surface area contributed by atoms with Gasteiger partial charge in [-0.1, -0.05) is 37.5 Å². The highest BCUT2D eigenvalue weighted by Gasteiger charge is 2.33. The molecule has 0 aromatic carbocycles. The summed E-state index contributed by atoms with van der Waals surface area (Å²) in [6.07, 6.45) is 14.5. The number of carbonyl (C=O) groups is 2. The first-order valence-corrected chi connectivity index (χ1v) is 12.5. The van der Waals surface area contributed by atoms with Gasteiger partial charge in [0.25, 0.3) is 0 Å². The highest BCUT2D eigenvalue weighted by molar-refractivity contribution is 7.99. The van der Waals surface area contributed by atoms with E-state index in [0.29, 0.717) is 25.5 Å². The molecule has 1 unspecified atom stereocenters. The second-order valence-corrected chi connectivity index (χ2v) is 9.47. The van der Waals surface area contributed by atoms with Crippen molar-refractivity contribution in [3.8, 4) is 0 Å². The largest absolute Gasteiger partial charge is 0.339 e. The zero-order valence-corrected chi connectivity index (χ0v) is 19.7. The van der Waals surface area contributed by atoms with Gasteiger partial charge in [0.2, 0.25) is 11.8 Å². The van der Waals surface area contributed by atoms with E-state index in [4.69, 9.17) is 0 Å². The zero-order chi connectivity index (χ0) is 23.2. The maximum atomic E-state index is 12.8. The van der Waals surface area contributed by atoms with Crippen LogP contribution in [0, 0.1) is 0 Å². The second-order valence-electron chi connectivity index (χ2n) is 8.32. The number of carbonyl (C=O) groups excluding carboxylic acids is 2. The van der Waals surface area contributed by atoms with Gasteiger partial charge >= 0.3 is 0 Å². The molecule has 3 aliphatic rings.